The van der Waals surface area contributed by atoms with Crippen LogP contribution in [0.2, 0.25) is 0 Å². The molecule has 1 aromatic heterocycles. The number of carbonyl (C=O) groups excluding carboxylic acids is 6. The lowest BCUT2D eigenvalue weighted by molar-refractivity contribution is -0.180. The first-order valence-corrected chi connectivity index (χ1v) is 14.4. The molecule has 2 rings (SSSR count). The average molecular weight is 639 g/mol. The van der Waals surface area contributed by atoms with Crippen LogP contribution in [0.4, 0.5) is 0 Å². The molecule has 0 bridgehead atoms. The van der Waals surface area contributed by atoms with E-state index < -0.39 is 97.2 Å². The Balaban J connectivity index is 2.35. The molecule has 0 spiro atoms. The van der Waals surface area contributed by atoms with E-state index in [0.29, 0.717) is 0 Å². The number of hydrogen-bond acceptors (Lipinski definition) is 14. The highest BCUT2D eigenvalue weighted by Crippen LogP contribution is 2.30. The van der Waals surface area contributed by atoms with Gasteiger partial charge in [0.15, 0.2) is 29.3 Å². The summed E-state index contributed by atoms with van der Waals surface area (Å²) < 4.78 is 37.5. The van der Waals surface area contributed by atoms with Crippen LogP contribution in [0.15, 0.2) is 12.3 Å². The number of ether oxygens (including phenoxy) is 7. The van der Waals surface area contributed by atoms with Crippen molar-refractivity contribution < 1.29 is 61.9 Å². The third-order valence-electron chi connectivity index (χ3n) is 6.16. The summed E-state index contributed by atoms with van der Waals surface area (Å²) in [5.41, 5.74) is -1.21. The van der Waals surface area contributed by atoms with E-state index in [-0.39, 0.29) is 17.2 Å². The predicted molar refractivity (Wildman–Crippen MR) is 154 cm³/mol. The zero-order valence-electron chi connectivity index (χ0n) is 27.0. The Morgan fingerprint density at radius 2 is 1.69 bits per heavy atom. The van der Waals surface area contributed by atoms with Crippen molar-refractivity contribution in [3.8, 4) is 11.5 Å². The van der Waals surface area contributed by atoms with Gasteiger partial charge in [0.25, 0.3) is 5.91 Å². The average Bonchev–Trinajstić information content (AvgIpc) is 2.97. The van der Waals surface area contributed by atoms with E-state index in [2.05, 4.69) is 10.3 Å². The summed E-state index contributed by atoms with van der Waals surface area (Å²) in [6, 6.07) is -0.150. The van der Waals surface area contributed by atoms with Gasteiger partial charge in [-0.1, -0.05) is 27.7 Å². The van der Waals surface area contributed by atoms with Crippen LogP contribution >= 0.6 is 0 Å². The molecule has 1 amide bonds. The summed E-state index contributed by atoms with van der Waals surface area (Å²) in [5.74, 6) is -7.51. The van der Waals surface area contributed by atoms with E-state index in [1.54, 1.807) is 48.5 Å². The Bertz CT molecular complexity index is 1250. The third-order valence-corrected chi connectivity index (χ3v) is 6.16. The molecule has 1 fully saturated rings. The van der Waals surface area contributed by atoms with Gasteiger partial charge in [0.2, 0.25) is 6.79 Å². The molecule has 1 aromatic rings. The van der Waals surface area contributed by atoms with Gasteiger partial charge in [-0.3, -0.25) is 24.0 Å². The van der Waals surface area contributed by atoms with Gasteiger partial charge in [-0.25, -0.2) is 9.78 Å². The number of nitrogens with one attached hydrogen (secondary N) is 1. The predicted octanol–water partition coefficient (Wildman–Crippen LogP) is 2.13. The molecule has 0 radical (unpaired) electrons. The van der Waals surface area contributed by atoms with Crippen molar-refractivity contribution in [2.75, 3.05) is 20.5 Å². The van der Waals surface area contributed by atoms with Gasteiger partial charge >= 0.3 is 29.8 Å². The first-order chi connectivity index (χ1) is 20.9. The highest BCUT2D eigenvalue weighted by molar-refractivity contribution is 5.98. The van der Waals surface area contributed by atoms with Crippen molar-refractivity contribution in [1.82, 2.24) is 10.3 Å². The number of carbonyl (C=O) groups is 6. The lowest BCUT2D eigenvalue weighted by atomic mass is 9.94. The SMILES string of the molecule is COc1ccnc(C(=O)N[C@H]2COC(=O)[C@H](CC(=O)OC(C)(C)C)[C@@H](OC(=O)C(C)C)[C@H](C)OC2=O)c1OCOC(=O)C(C)C. The molecule has 15 nitrogen and oxygen atoms in total. The van der Waals surface area contributed by atoms with Crippen LogP contribution in [-0.2, 0) is 47.7 Å². The number of hydrogen-bond donors (Lipinski definition) is 1. The number of cyclic esters (lactones) is 2. The molecule has 0 saturated carbocycles. The Hall–Kier alpha value is -4.43. The van der Waals surface area contributed by atoms with Crippen molar-refractivity contribution in [1.29, 1.82) is 0 Å². The summed E-state index contributed by atoms with van der Waals surface area (Å²) in [4.78, 5) is 80.9. The second-order valence-electron chi connectivity index (χ2n) is 11.8. The van der Waals surface area contributed by atoms with Gasteiger partial charge in [-0.15, -0.1) is 0 Å². The summed E-state index contributed by atoms with van der Waals surface area (Å²) in [6.45, 7) is 11.5. The second kappa shape index (κ2) is 16.0. The molecule has 250 valence electrons. The monoisotopic (exact) mass is 638 g/mol. The zero-order valence-corrected chi connectivity index (χ0v) is 27.0. The summed E-state index contributed by atoms with van der Waals surface area (Å²) >= 11 is 0. The van der Waals surface area contributed by atoms with E-state index in [0.717, 1.165) is 0 Å². The van der Waals surface area contributed by atoms with Gasteiger partial charge in [0.1, 0.15) is 24.2 Å². The Labute approximate surface area is 261 Å². The van der Waals surface area contributed by atoms with Gasteiger partial charge in [-0.05, 0) is 27.7 Å². The summed E-state index contributed by atoms with van der Waals surface area (Å²) in [6.07, 6.45) is -1.95. The quantitative estimate of drug-likeness (QED) is 0.210. The third kappa shape index (κ3) is 10.9. The van der Waals surface area contributed by atoms with Crippen LogP contribution in [0, 0.1) is 17.8 Å². The zero-order chi connectivity index (χ0) is 34.1. The molecule has 0 unspecified atom stereocenters. The molecule has 45 heavy (non-hydrogen) atoms. The fourth-order valence-corrected chi connectivity index (χ4v) is 3.88. The first kappa shape index (κ1) is 36.8. The van der Waals surface area contributed by atoms with Crippen LogP contribution in [0.3, 0.4) is 0 Å². The molecule has 4 atom stereocenters. The van der Waals surface area contributed by atoms with E-state index in [1.807, 2.05) is 0 Å². The van der Waals surface area contributed by atoms with E-state index in [9.17, 15) is 28.8 Å². The number of rotatable bonds is 11. The van der Waals surface area contributed by atoms with Crippen molar-refractivity contribution in [3.63, 3.8) is 0 Å². The topological polar surface area (TPSA) is 192 Å². The summed E-state index contributed by atoms with van der Waals surface area (Å²) in [5, 5.41) is 2.40. The molecule has 1 N–H and O–H groups in total. The highest BCUT2D eigenvalue weighted by Gasteiger charge is 2.44. The van der Waals surface area contributed by atoms with E-state index in [1.165, 1.54) is 26.3 Å². The second-order valence-corrected chi connectivity index (χ2v) is 11.8. The maximum Gasteiger partial charge on any atom is 0.332 e. The van der Waals surface area contributed by atoms with Crippen LogP contribution in [0.1, 0.15) is 72.3 Å². The minimum atomic E-state index is -1.55. The number of pyridine rings is 1. The summed E-state index contributed by atoms with van der Waals surface area (Å²) in [7, 11) is 1.32. The van der Waals surface area contributed by atoms with E-state index >= 15 is 0 Å². The lowest BCUT2D eigenvalue weighted by Crippen LogP contribution is -2.47. The Kier molecular flexibility index (Phi) is 13.1. The van der Waals surface area contributed by atoms with Gasteiger partial charge in [-0.2, -0.15) is 0 Å². The number of esters is 5. The number of amides is 1. The maximum atomic E-state index is 13.3. The van der Waals surface area contributed by atoms with E-state index in [4.69, 9.17) is 33.2 Å². The lowest BCUT2D eigenvalue weighted by Gasteiger charge is -2.30. The minimum Gasteiger partial charge on any atom is -0.493 e. The normalized spacial score (nSPS) is 20.5. The minimum absolute atomic E-state index is 0.0765. The van der Waals surface area contributed by atoms with Gasteiger partial charge in [0, 0.05) is 12.3 Å². The maximum absolute atomic E-state index is 13.3. The number of methoxy groups -OCH3 is 1. The van der Waals surface area contributed by atoms with Crippen LogP contribution in [0.25, 0.3) is 0 Å². The number of nitrogens with zero attached hydrogens (tertiary/aromatic N) is 1. The standard InChI is InChI=1S/C30H42N2O13/c1-15(2)26(35)42-14-41-24-20(39-9)10-11-31-22(24)25(34)32-19-13-40-28(37)18(12-21(33)45-30(6,7)8)23(17(5)43-29(19)38)44-27(36)16(3)4/h10-11,15-19,23H,12-14H2,1-9H3,(H,32,34)/t17-,18+,19-,23-/m0/s1. The van der Waals surface area contributed by atoms with Crippen LogP contribution < -0.4 is 14.8 Å². The Morgan fingerprint density at radius 3 is 2.27 bits per heavy atom. The van der Waals surface area contributed by atoms with Crippen molar-refractivity contribution in [2.45, 2.75) is 85.7 Å². The molecule has 1 saturated heterocycles. The van der Waals surface area contributed by atoms with Crippen molar-refractivity contribution in [3.05, 3.63) is 18.0 Å². The first-order valence-electron chi connectivity index (χ1n) is 14.4. The molecular weight excluding hydrogens is 596 g/mol. The smallest absolute Gasteiger partial charge is 0.332 e. The van der Waals surface area contributed by atoms with Crippen LogP contribution in [0.5, 0.6) is 11.5 Å². The van der Waals surface area contributed by atoms with Gasteiger partial charge < -0.3 is 38.5 Å². The molecular formula is C30H42N2O13. The molecule has 15 heteroatoms. The fourth-order valence-electron chi connectivity index (χ4n) is 3.88. The Morgan fingerprint density at radius 1 is 1.04 bits per heavy atom. The molecule has 0 aromatic carbocycles. The number of aromatic nitrogens is 1. The molecule has 1 aliphatic rings. The molecule has 1 aliphatic heterocycles. The largest absolute Gasteiger partial charge is 0.493 e. The van der Waals surface area contributed by atoms with Gasteiger partial charge in [0.05, 0.1) is 25.4 Å². The molecule has 0 aliphatic carbocycles. The van der Waals surface area contributed by atoms with Crippen molar-refractivity contribution >= 4 is 35.8 Å². The molecule has 2 heterocycles. The highest BCUT2D eigenvalue weighted by atomic mass is 16.7. The fraction of sp³-hybridized carbons (Fsp3) is 0.633. The van der Waals surface area contributed by atoms with Crippen LogP contribution in [-0.4, -0.2) is 85.1 Å². The van der Waals surface area contributed by atoms with Crippen molar-refractivity contribution in [2.24, 2.45) is 17.8 Å².